The molecular formula is C13H12ClIN2O2. The predicted molar refractivity (Wildman–Crippen MR) is 84.7 cm³/mol. The molecule has 1 aromatic heterocycles. The van der Waals surface area contributed by atoms with E-state index in [0.717, 1.165) is 3.57 Å². The Bertz CT molecular complexity index is 659. The van der Waals surface area contributed by atoms with Gasteiger partial charge in [-0.1, -0.05) is 25.4 Å². The van der Waals surface area contributed by atoms with Crippen molar-refractivity contribution in [1.29, 1.82) is 0 Å². The van der Waals surface area contributed by atoms with E-state index in [1.807, 2.05) is 32.0 Å². The van der Waals surface area contributed by atoms with Crippen LogP contribution in [0, 0.1) is 19.6 Å². The van der Waals surface area contributed by atoms with Gasteiger partial charge in [-0.05, 0) is 53.1 Å². The fraction of sp³-hybridized carbons (Fsp3) is 0.308. The molecule has 0 radical (unpaired) electrons. The van der Waals surface area contributed by atoms with Crippen molar-refractivity contribution in [3.63, 3.8) is 0 Å². The highest BCUT2D eigenvalue weighted by Crippen LogP contribution is 2.35. The fourth-order valence-corrected chi connectivity index (χ4v) is 2.77. The molecule has 1 heterocycles. The zero-order valence-corrected chi connectivity index (χ0v) is 13.4. The topological polar surface area (TPSA) is 56.0 Å². The van der Waals surface area contributed by atoms with Gasteiger partial charge in [0.2, 0.25) is 0 Å². The van der Waals surface area contributed by atoms with Crippen LogP contribution in [0.4, 0.5) is 5.69 Å². The number of rotatable bonds is 3. The molecule has 4 nitrogen and oxygen atoms in total. The molecule has 100 valence electrons. The molecule has 0 unspecified atom stereocenters. The number of pyridine rings is 1. The van der Waals surface area contributed by atoms with Crippen LogP contribution in [0.1, 0.15) is 19.5 Å². The Morgan fingerprint density at radius 2 is 2.16 bits per heavy atom. The fourth-order valence-electron chi connectivity index (χ4n) is 1.95. The van der Waals surface area contributed by atoms with Gasteiger partial charge in [-0.3, -0.25) is 10.1 Å². The van der Waals surface area contributed by atoms with Gasteiger partial charge in [-0.25, -0.2) is 4.98 Å². The summed E-state index contributed by atoms with van der Waals surface area (Å²) in [4.78, 5) is 15.2. The monoisotopic (exact) mass is 390 g/mol. The van der Waals surface area contributed by atoms with E-state index in [-0.39, 0.29) is 16.6 Å². The van der Waals surface area contributed by atoms with E-state index >= 15 is 0 Å². The molecule has 0 spiro atoms. The molecule has 0 bridgehead atoms. The Kier molecular flexibility index (Phi) is 4.25. The van der Waals surface area contributed by atoms with Crippen LogP contribution < -0.4 is 0 Å². The van der Waals surface area contributed by atoms with Gasteiger partial charge >= 0.3 is 5.69 Å². The number of hydrogen-bond acceptors (Lipinski definition) is 3. The van der Waals surface area contributed by atoms with Crippen LogP contribution >= 0.6 is 34.2 Å². The maximum absolute atomic E-state index is 11.2. The summed E-state index contributed by atoms with van der Waals surface area (Å²) < 4.78 is 0.972. The Balaban J connectivity index is 2.77. The lowest BCUT2D eigenvalue weighted by atomic mass is 10.0. The van der Waals surface area contributed by atoms with E-state index in [9.17, 15) is 10.1 Å². The third-order valence-corrected chi connectivity index (χ3v) is 3.77. The molecule has 19 heavy (non-hydrogen) atoms. The highest BCUT2D eigenvalue weighted by molar-refractivity contribution is 14.1. The summed E-state index contributed by atoms with van der Waals surface area (Å²) in [6.45, 7) is 3.99. The van der Waals surface area contributed by atoms with Crippen molar-refractivity contribution in [2.45, 2.75) is 20.3 Å². The Morgan fingerprint density at radius 1 is 1.47 bits per heavy atom. The maximum atomic E-state index is 11.2. The third kappa shape index (κ3) is 2.97. The number of halogens is 2. The van der Waals surface area contributed by atoms with Crippen molar-refractivity contribution < 1.29 is 4.92 Å². The molecule has 2 aromatic rings. The largest absolute Gasteiger partial charge is 0.309 e. The molecule has 1 aromatic carbocycles. The first-order valence-corrected chi connectivity index (χ1v) is 7.28. The van der Waals surface area contributed by atoms with E-state index < -0.39 is 4.92 Å². The van der Waals surface area contributed by atoms with Gasteiger partial charge in [0.05, 0.1) is 10.4 Å². The number of nitro groups is 1. The summed E-state index contributed by atoms with van der Waals surface area (Å²) in [7, 11) is 0. The quantitative estimate of drug-likeness (QED) is 0.437. The van der Waals surface area contributed by atoms with Crippen molar-refractivity contribution in [2.24, 2.45) is 5.92 Å². The molecule has 0 amide bonds. The molecule has 0 atom stereocenters. The Morgan fingerprint density at radius 3 is 2.74 bits per heavy atom. The van der Waals surface area contributed by atoms with Gasteiger partial charge in [0, 0.05) is 8.96 Å². The lowest BCUT2D eigenvalue weighted by Crippen LogP contribution is -2.04. The Labute approximate surface area is 129 Å². The lowest BCUT2D eigenvalue weighted by molar-refractivity contribution is -0.385. The third-order valence-electron chi connectivity index (χ3n) is 2.72. The molecule has 2 rings (SSSR count). The zero-order valence-electron chi connectivity index (χ0n) is 10.5. The number of nitrogens with zero attached hydrogens (tertiary/aromatic N) is 2. The van der Waals surface area contributed by atoms with Crippen molar-refractivity contribution in [1.82, 2.24) is 4.98 Å². The number of aromatic nitrogens is 1. The van der Waals surface area contributed by atoms with Gasteiger partial charge in [0.15, 0.2) is 0 Å². The minimum atomic E-state index is -0.438. The first-order chi connectivity index (χ1) is 8.90. The molecule has 6 heteroatoms. The van der Waals surface area contributed by atoms with Crippen LogP contribution in [-0.2, 0) is 6.42 Å². The molecule has 0 aliphatic heterocycles. The van der Waals surface area contributed by atoms with Crippen LogP contribution in [0.25, 0.3) is 10.9 Å². The predicted octanol–water partition coefficient (Wildman–Crippen LogP) is 4.60. The summed E-state index contributed by atoms with van der Waals surface area (Å²) in [5.41, 5.74) is 1.09. The molecule has 0 fully saturated rings. The summed E-state index contributed by atoms with van der Waals surface area (Å²) >= 11 is 8.36. The highest BCUT2D eigenvalue weighted by atomic mass is 127. The standard InChI is InChI=1S/C13H12ClIN2O2/c1-7(2)5-11-13(17(18)19)12(14)9-6-8(15)3-4-10(9)16-11/h3-4,6-7H,5H2,1-2H3. The van der Waals surface area contributed by atoms with Crippen LogP contribution in [0.2, 0.25) is 5.02 Å². The SMILES string of the molecule is CC(C)Cc1nc2ccc(I)cc2c(Cl)c1[N+](=O)[O-]. The first-order valence-electron chi connectivity index (χ1n) is 5.82. The van der Waals surface area contributed by atoms with Crippen LogP contribution in [-0.4, -0.2) is 9.91 Å². The van der Waals surface area contributed by atoms with Crippen LogP contribution in [0.5, 0.6) is 0 Å². The van der Waals surface area contributed by atoms with E-state index in [0.29, 0.717) is 23.0 Å². The maximum Gasteiger partial charge on any atom is 0.309 e. The second kappa shape index (κ2) is 5.58. The average Bonchev–Trinajstić information content (AvgIpc) is 2.29. The van der Waals surface area contributed by atoms with Crippen molar-refractivity contribution in [3.05, 3.63) is 42.6 Å². The summed E-state index contributed by atoms with van der Waals surface area (Å²) in [5.74, 6) is 0.281. The summed E-state index contributed by atoms with van der Waals surface area (Å²) in [6.07, 6.45) is 0.540. The molecule has 0 aliphatic rings. The first kappa shape index (κ1) is 14.5. The van der Waals surface area contributed by atoms with E-state index in [4.69, 9.17) is 11.6 Å². The van der Waals surface area contributed by atoms with Crippen LogP contribution in [0.3, 0.4) is 0 Å². The van der Waals surface area contributed by atoms with Gasteiger partial charge < -0.3 is 0 Å². The average molecular weight is 391 g/mol. The van der Waals surface area contributed by atoms with Gasteiger partial charge in [-0.2, -0.15) is 0 Å². The second-order valence-electron chi connectivity index (χ2n) is 4.74. The van der Waals surface area contributed by atoms with E-state index in [1.165, 1.54) is 0 Å². The minimum absolute atomic E-state index is 0.0649. The van der Waals surface area contributed by atoms with Crippen molar-refractivity contribution >= 4 is 50.8 Å². The lowest BCUT2D eigenvalue weighted by Gasteiger charge is -2.09. The van der Waals surface area contributed by atoms with Crippen molar-refractivity contribution in [3.8, 4) is 0 Å². The number of fused-ring (bicyclic) bond motifs is 1. The molecule has 0 aliphatic carbocycles. The molecular weight excluding hydrogens is 379 g/mol. The zero-order chi connectivity index (χ0) is 14.2. The van der Waals surface area contributed by atoms with Crippen molar-refractivity contribution in [2.75, 3.05) is 0 Å². The summed E-state index contributed by atoms with van der Waals surface area (Å²) in [5, 5.41) is 12.0. The van der Waals surface area contributed by atoms with Crippen LogP contribution in [0.15, 0.2) is 18.2 Å². The minimum Gasteiger partial charge on any atom is -0.258 e. The number of hydrogen-bond donors (Lipinski definition) is 0. The molecule has 0 saturated heterocycles. The molecule has 0 saturated carbocycles. The van der Waals surface area contributed by atoms with E-state index in [1.54, 1.807) is 0 Å². The second-order valence-corrected chi connectivity index (χ2v) is 6.36. The smallest absolute Gasteiger partial charge is 0.258 e. The molecule has 0 N–H and O–H groups in total. The normalized spacial score (nSPS) is 11.2. The van der Waals surface area contributed by atoms with Gasteiger partial charge in [0.25, 0.3) is 0 Å². The summed E-state index contributed by atoms with van der Waals surface area (Å²) in [6, 6.07) is 5.57. The van der Waals surface area contributed by atoms with E-state index in [2.05, 4.69) is 27.6 Å². The van der Waals surface area contributed by atoms with Gasteiger partial charge in [0.1, 0.15) is 10.7 Å². The number of benzene rings is 1. The van der Waals surface area contributed by atoms with Gasteiger partial charge in [-0.15, -0.1) is 0 Å². The highest BCUT2D eigenvalue weighted by Gasteiger charge is 2.24. The Hall–Kier alpha value is -0.950.